The van der Waals surface area contributed by atoms with Gasteiger partial charge < -0.3 is 5.73 Å². The van der Waals surface area contributed by atoms with E-state index in [1.807, 2.05) is 32.2 Å². The van der Waals surface area contributed by atoms with Crippen LogP contribution in [0.1, 0.15) is 23.0 Å². The smallest absolute Gasteiger partial charge is 0.0847 e. The minimum Gasteiger partial charge on any atom is -0.324 e. The summed E-state index contributed by atoms with van der Waals surface area (Å²) in [7, 11) is 1.87. The zero-order valence-corrected chi connectivity index (χ0v) is 13.7. The van der Waals surface area contributed by atoms with E-state index in [2.05, 4.69) is 21.0 Å². The normalized spacial score (nSPS) is 12.7. The number of nitrogens with two attached hydrogens (primary N) is 1. The van der Waals surface area contributed by atoms with E-state index in [0.29, 0.717) is 16.5 Å². The lowest BCUT2D eigenvalue weighted by Crippen LogP contribution is -2.15. The monoisotopic (exact) mass is 361 g/mol. The topological polar surface area (TPSA) is 43.8 Å². The average Bonchev–Trinajstić information content (AvgIpc) is 2.59. The van der Waals surface area contributed by atoms with Crippen molar-refractivity contribution >= 4 is 39.1 Å². The third-order valence-electron chi connectivity index (χ3n) is 3.05. The quantitative estimate of drug-likeness (QED) is 0.895. The lowest BCUT2D eigenvalue weighted by Gasteiger charge is -2.13. The first-order valence-electron chi connectivity index (χ1n) is 5.78. The molecule has 102 valence electrons. The van der Waals surface area contributed by atoms with Gasteiger partial charge in [0.25, 0.3) is 0 Å². The molecule has 2 aromatic rings. The Labute approximate surface area is 130 Å². The number of hydrogen-bond donors (Lipinski definition) is 1. The third kappa shape index (κ3) is 3.14. The maximum absolute atomic E-state index is 6.23. The van der Waals surface area contributed by atoms with E-state index in [-0.39, 0.29) is 6.04 Å². The second-order valence-electron chi connectivity index (χ2n) is 4.45. The summed E-state index contributed by atoms with van der Waals surface area (Å²) in [6, 6.07) is 5.55. The maximum Gasteiger partial charge on any atom is 0.0847 e. The molecular weight excluding hydrogens is 349 g/mol. The molecule has 2 N–H and O–H groups in total. The molecule has 0 aliphatic carbocycles. The molecule has 1 aromatic carbocycles. The van der Waals surface area contributed by atoms with Gasteiger partial charge in [0.15, 0.2) is 0 Å². The molecule has 0 aliphatic heterocycles. The summed E-state index contributed by atoms with van der Waals surface area (Å²) >= 11 is 15.7. The van der Waals surface area contributed by atoms with Crippen molar-refractivity contribution in [2.75, 3.05) is 0 Å². The van der Waals surface area contributed by atoms with Crippen LogP contribution in [0, 0.1) is 6.92 Å². The van der Waals surface area contributed by atoms with Crippen LogP contribution in [0.2, 0.25) is 10.0 Å². The Hall–Kier alpha value is -0.550. The summed E-state index contributed by atoms with van der Waals surface area (Å²) in [5, 5.41) is 5.62. The highest BCUT2D eigenvalue weighted by molar-refractivity contribution is 9.10. The van der Waals surface area contributed by atoms with Crippen molar-refractivity contribution in [1.82, 2.24) is 9.78 Å². The number of halogens is 3. The maximum atomic E-state index is 6.23. The highest BCUT2D eigenvalue weighted by Gasteiger charge is 2.16. The van der Waals surface area contributed by atoms with E-state index in [0.717, 1.165) is 21.4 Å². The molecule has 1 unspecified atom stereocenters. The molecule has 0 fully saturated rings. The number of hydrogen-bond acceptors (Lipinski definition) is 2. The fourth-order valence-corrected chi connectivity index (χ4v) is 2.64. The van der Waals surface area contributed by atoms with Crippen LogP contribution in [0.15, 0.2) is 22.7 Å². The van der Waals surface area contributed by atoms with Gasteiger partial charge in [-0.15, -0.1) is 0 Å². The van der Waals surface area contributed by atoms with Gasteiger partial charge in [-0.1, -0.05) is 29.3 Å². The van der Waals surface area contributed by atoms with Gasteiger partial charge >= 0.3 is 0 Å². The van der Waals surface area contributed by atoms with Crippen molar-refractivity contribution < 1.29 is 0 Å². The fraction of sp³-hybridized carbons (Fsp3) is 0.308. The van der Waals surface area contributed by atoms with E-state index < -0.39 is 0 Å². The number of benzene rings is 1. The van der Waals surface area contributed by atoms with E-state index in [1.165, 1.54) is 0 Å². The summed E-state index contributed by atoms with van der Waals surface area (Å²) in [5.74, 6) is 0. The molecule has 3 nitrogen and oxygen atoms in total. The lowest BCUT2D eigenvalue weighted by atomic mass is 10.0. The minimum absolute atomic E-state index is 0.169. The molecule has 0 aliphatic rings. The molecule has 0 amide bonds. The van der Waals surface area contributed by atoms with E-state index in [4.69, 9.17) is 28.9 Å². The molecule has 6 heteroatoms. The van der Waals surface area contributed by atoms with Gasteiger partial charge in [-0.3, -0.25) is 4.68 Å². The fourth-order valence-electron chi connectivity index (χ4n) is 1.97. The molecule has 0 radical (unpaired) electrons. The third-order valence-corrected chi connectivity index (χ3v) is 4.77. The Bertz CT molecular complexity index is 610. The van der Waals surface area contributed by atoms with E-state index in [9.17, 15) is 0 Å². The number of rotatable bonds is 3. The second-order valence-corrected chi connectivity index (χ2v) is 6.09. The first kappa shape index (κ1) is 14.9. The summed E-state index contributed by atoms with van der Waals surface area (Å²) in [6.45, 7) is 1.88. The van der Waals surface area contributed by atoms with Crippen LogP contribution in [-0.4, -0.2) is 9.78 Å². The van der Waals surface area contributed by atoms with Gasteiger partial charge in [0.1, 0.15) is 0 Å². The number of aromatic nitrogens is 2. The van der Waals surface area contributed by atoms with Gasteiger partial charge in [-0.25, -0.2) is 0 Å². The molecule has 0 spiro atoms. The molecule has 1 heterocycles. The van der Waals surface area contributed by atoms with Crippen LogP contribution in [0.4, 0.5) is 0 Å². The Morgan fingerprint density at radius 3 is 2.63 bits per heavy atom. The van der Waals surface area contributed by atoms with Crippen molar-refractivity contribution in [3.63, 3.8) is 0 Å². The summed E-state index contributed by atoms with van der Waals surface area (Å²) < 4.78 is 2.64. The minimum atomic E-state index is -0.169. The van der Waals surface area contributed by atoms with Crippen LogP contribution in [0.25, 0.3) is 0 Å². The predicted octanol–water partition coefficient (Wildman–Crippen LogP) is 4.04. The van der Waals surface area contributed by atoms with Crippen LogP contribution in [-0.2, 0) is 13.5 Å². The molecule has 2 rings (SSSR count). The molecular formula is C13H14BrCl2N3. The van der Waals surface area contributed by atoms with Crippen molar-refractivity contribution in [2.45, 2.75) is 19.4 Å². The molecule has 19 heavy (non-hydrogen) atoms. The van der Waals surface area contributed by atoms with Gasteiger partial charge in [-0.05, 0) is 40.5 Å². The summed E-state index contributed by atoms with van der Waals surface area (Å²) in [5.41, 5.74) is 8.95. The zero-order valence-electron chi connectivity index (χ0n) is 10.6. The average molecular weight is 363 g/mol. The second kappa shape index (κ2) is 5.83. The van der Waals surface area contributed by atoms with Gasteiger partial charge in [0.05, 0.1) is 21.4 Å². The lowest BCUT2D eigenvalue weighted by molar-refractivity contribution is 0.640. The largest absolute Gasteiger partial charge is 0.324 e. The molecule has 0 saturated carbocycles. The van der Waals surface area contributed by atoms with Gasteiger partial charge in [0.2, 0.25) is 0 Å². The summed E-state index contributed by atoms with van der Waals surface area (Å²) in [6.07, 6.45) is 0.619. The Balaban J connectivity index is 2.25. The van der Waals surface area contributed by atoms with Crippen LogP contribution in [0.3, 0.4) is 0 Å². The molecule has 1 atom stereocenters. The van der Waals surface area contributed by atoms with Crippen molar-refractivity contribution in [3.05, 3.63) is 49.7 Å². The zero-order chi connectivity index (χ0) is 14.2. The van der Waals surface area contributed by atoms with Crippen LogP contribution < -0.4 is 5.73 Å². The first-order valence-corrected chi connectivity index (χ1v) is 7.33. The highest BCUT2D eigenvalue weighted by Crippen LogP contribution is 2.28. The van der Waals surface area contributed by atoms with Crippen molar-refractivity contribution in [1.29, 1.82) is 0 Å². The molecule has 0 saturated heterocycles. The van der Waals surface area contributed by atoms with E-state index in [1.54, 1.807) is 4.68 Å². The number of aryl methyl sites for hydroxylation is 2. The predicted molar refractivity (Wildman–Crippen MR) is 82.7 cm³/mol. The molecule has 0 bridgehead atoms. The summed E-state index contributed by atoms with van der Waals surface area (Å²) in [4.78, 5) is 0. The Morgan fingerprint density at radius 2 is 2.11 bits per heavy atom. The first-order chi connectivity index (χ1) is 8.90. The highest BCUT2D eigenvalue weighted by atomic mass is 79.9. The SMILES string of the molecule is Cc1nn(C)c(CC(N)c2ccc(Br)c(Cl)c2)c1Cl. The van der Waals surface area contributed by atoms with Gasteiger partial charge in [0, 0.05) is 24.0 Å². The number of nitrogens with zero attached hydrogens (tertiary/aromatic N) is 2. The van der Waals surface area contributed by atoms with Crippen molar-refractivity contribution in [3.8, 4) is 0 Å². The van der Waals surface area contributed by atoms with Crippen LogP contribution >= 0.6 is 39.1 Å². The Kier molecular flexibility index (Phi) is 4.56. The standard InChI is InChI=1S/C13H14BrCl2N3/c1-7-13(16)12(19(2)18-7)6-11(17)8-3-4-9(14)10(15)5-8/h3-5,11H,6,17H2,1-2H3. The van der Waals surface area contributed by atoms with Gasteiger partial charge in [-0.2, -0.15) is 5.10 Å². The van der Waals surface area contributed by atoms with E-state index >= 15 is 0 Å². The molecule has 1 aromatic heterocycles. The van der Waals surface area contributed by atoms with Crippen molar-refractivity contribution in [2.24, 2.45) is 12.8 Å². The van der Waals surface area contributed by atoms with Crippen LogP contribution in [0.5, 0.6) is 0 Å². The Morgan fingerprint density at radius 1 is 1.42 bits per heavy atom.